The van der Waals surface area contributed by atoms with Gasteiger partial charge in [0.25, 0.3) is 11.2 Å². The Labute approximate surface area is 250 Å². The monoisotopic (exact) mass is 603 g/mol. The smallest absolute Gasteiger partial charge is 0.338 e. The van der Waals surface area contributed by atoms with E-state index in [2.05, 4.69) is 4.99 Å². The maximum Gasteiger partial charge on any atom is 0.338 e. The van der Waals surface area contributed by atoms with Gasteiger partial charge in [0.1, 0.15) is 11.5 Å². The fraction of sp³-hybridized carbons (Fsp3) is 0.258. The fourth-order valence-electron chi connectivity index (χ4n) is 4.98. The molecular formula is C31H29N3O8S. The minimum Gasteiger partial charge on any atom is -0.493 e. The lowest BCUT2D eigenvalue weighted by molar-refractivity contribution is -0.384. The van der Waals surface area contributed by atoms with Gasteiger partial charge in [-0.1, -0.05) is 17.4 Å². The first kappa shape index (κ1) is 29.5. The molecule has 2 aromatic heterocycles. The molecule has 3 heterocycles. The molecule has 11 nitrogen and oxygen atoms in total. The number of hydrogen-bond acceptors (Lipinski definition) is 10. The number of furan rings is 1. The lowest BCUT2D eigenvalue weighted by Gasteiger charge is -2.25. The molecule has 1 atom stereocenters. The highest BCUT2D eigenvalue weighted by molar-refractivity contribution is 7.07. The van der Waals surface area contributed by atoms with Crippen LogP contribution in [-0.2, 0) is 9.53 Å². The molecule has 5 rings (SSSR count). The average Bonchev–Trinajstić information content (AvgIpc) is 3.56. The Morgan fingerprint density at radius 3 is 2.58 bits per heavy atom. The summed E-state index contributed by atoms with van der Waals surface area (Å²) in [5.74, 6) is 1.36. The van der Waals surface area contributed by atoms with Gasteiger partial charge in [-0.25, -0.2) is 9.79 Å². The molecule has 0 saturated heterocycles. The molecule has 0 radical (unpaired) electrons. The number of esters is 1. The zero-order valence-electron chi connectivity index (χ0n) is 24.2. The molecule has 2 aromatic carbocycles. The van der Waals surface area contributed by atoms with Crippen molar-refractivity contribution >= 4 is 29.1 Å². The number of aromatic nitrogens is 1. The molecule has 1 aliphatic rings. The number of benzene rings is 2. The average molecular weight is 604 g/mol. The summed E-state index contributed by atoms with van der Waals surface area (Å²) >= 11 is 1.17. The SMILES string of the molecule is CCOC(=O)C1=C(C)N=c2s/c(=C\c3ccc(-c4ccc([N+](=O)[O-])cc4C)o3)c(=O)n2C1c1ccc(OC)c(OCC)c1. The summed E-state index contributed by atoms with van der Waals surface area (Å²) in [5, 5.41) is 11.1. The van der Waals surface area contributed by atoms with Crippen molar-refractivity contribution in [3.8, 4) is 22.8 Å². The zero-order valence-corrected chi connectivity index (χ0v) is 25.0. The molecule has 43 heavy (non-hydrogen) atoms. The molecule has 0 bridgehead atoms. The number of methoxy groups -OCH3 is 1. The summed E-state index contributed by atoms with van der Waals surface area (Å²) in [5.41, 5.74) is 2.34. The molecule has 0 aliphatic carbocycles. The highest BCUT2D eigenvalue weighted by atomic mass is 32.1. The van der Waals surface area contributed by atoms with E-state index >= 15 is 0 Å². The van der Waals surface area contributed by atoms with Gasteiger partial charge in [0.05, 0.1) is 47.1 Å². The third-order valence-corrected chi connectivity index (χ3v) is 7.89. The van der Waals surface area contributed by atoms with Gasteiger partial charge in [0.2, 0.25) is 0 Å². The van der Waals surface area contributed by atoms with Crippen LogP contribution in [0.25, 0.3) is 17.4 Å². The topological polar surface area (TPSA) is 135 Å². The summed E-state index contributed by atoms with van der Waals surface area (Å²) in [6.45, 7) is 7.61. The summed E-state index contributed by atoms with van der Waals surface area (Å²) < 4.78 is 24.4. The third kappa shape index (κ3) is 5.61. The van der Waals surface area contributed by atoms with Crippen molar-refractivity contribution in [2.75, 3.05) is 20.3 Å². The van der Waals surface area contributed by atoms with Crippen LogP contribution in [-0.4, -0.2) is 35.8 Å². The Morgan fingerprint density at radius 1 is 1.12 bits per heavy atom. The molecule has 0 amide bonds. The molecule has 1 aliphatic heterocycles. The van der Waals surface area contributed by atoms with Gasteiger partial charge < -0.3 is 18.6 Å². The molecule has 0 saturated carbocycles. The molecule has 12 heteroatoms. The Balaban J connectivity index is 1.63. The van der Waals surface area contributed by atoms with E-state index < -0.39 is 16.9 Å². The predicted molar refractivity (Wildman–Crippen MR) is 160 cm³/mol. The number of allylic oxidation sites excluding steroid dienone is 1. The first-order chi connectivity index (χ1) is 20.7. The second-order valence-corrected chi connectivity index (χ2v) is 10.6. The molecule has 0 fully saturated rings. The number of rotatable bonds is 9. The van der Waals surface area contributed by atoms with Crippen molar-refractivity contribution in [2.24, 2.45) is 4.99 Å². The van der Waals surface area contributed by atoms with E-state index in [1.165, 1.54) is 35.1 Å². The third-order valence-electron chi connectivity index (χ3n) is 6.91. The lowest BCUT2D eigenvalue weighted by Crippen LogP contribution is -2.39. The normalized spacial score (nSPS) is 14.7. The number of aryl methyl sites for hydroxylation is 1. The van der Waals surface area contributed by atoms with Crippen molar-refractivity contribution in [1.29, 1.82) is 0 Å². The van der Waals surface area contributed by atoms with Crippen molar-refractivity contribution in [2.45, 2.75) is 33.7 Å². The number of fused-ring (bicyclic) bond motifs is 1. The van der Waals surface area contributed by atoms with Crippen LogP contribution in [0.4, 0.5) is 5.69 Å². The first-order valence-electron chi connectivity index (χ1n) is 13.5. The summed E-state index contributed by atoms with van der Waals surface area (Å²) in [6.07, 6.45) is 1.62. The van der Waals surface area contributed by atoms with Crippen LogP contribution in [0.5, 0.6) is 11.5 Å². The van der Waals surface area contributed by atoms with Crippen LogP contribution in [0.15, 0.2) is 74.0 Å². The number of ether oxygens (including phenoxy) is 3. The Morgan fingerprint density at radius 2 is 1.91 bits per heavy atom. The number of thiazole rings is 1. The number of carbonyl (C=O) groups excluding carboxylic acids is 1. The highest BCUT2D eigenvalue weighted by Gasteiger charge is 2.34. The van der Waals surface area contributed by atoms with Gasteiger partial charge in [-0.2, -0.15) is 0 Å². The van der Waals surface area contributed by atoms with Crippen LogP contribution >= 0.6 is 11.3 Å². The van der Waals surface area contributed by atoms with Crippen molar-refractivity contribution in [3.05, 3.63) is 106 Å². The molecule has 1 unspecified atom stereocenters. The van der Waals surface area contributed by atoms with E-state index in [9.17, 15) is 19.7 Å². The lowest BCUT2D eigenvalue weighted by atomic mass is 9.95. The summed E-state index contributed by atoms with van der Waals surface area (Å²) in [4.78, 5) is 42.8. The molecule has 222 valence electrons. The van der Waals surface area contributed by atoms with Gasteiger partial charge in [-0.05, 0) is 69.2 Å². The number of nitro groups is 1. The molecule has 0 N–H and O–H groups in total. The number of non-ortho nitro benzene ring substituents is 1. The van der Waals surface area contributed by atoms with E-state index in [1.54, 1.807) is 63.2 Å². The van der Waals surface area contributed by atoms with Gasteiger partial charge in [-0.15, -0.1) is 0 Å². The van der Waals surface area contributed by atoms with E-state index in [0.29, 0.717) is 61.3 Å². The number of hydrogen-bond donors (Lipinski definition) is 0. The summed E-state index contributed by atoms with van der Waals surface area (Å²) in [7, 11) is 1.54. The van der Waals surface area contributed by atoms with Crippen molar-refractivity contribution in [1.82, 2.24) is 4.57 Å². The number of nitro benzene ring substituents is 1. The standard InChI is InChI=1S/C31H29N3O8S/c1-6-40-25-15-19(8-12-24(25)39-5)28-27(30(36)41-7-2)18(4)32-31-33(28)29(35)26(43-31)16-21-10-13-23(42-21)22-11-9-20(34(37)38)14-17(22)3/h8-16,28H,6-7H2,1-5H3/b26-16-. The second-order valence-electron chi connectivity index (χ2n) is 9.60. The largest absolute Gasteiger partial charge is 0.493 e. The van der Waals surface area contributed by atoms with Crippen LogP contribution in [0, 0.1) is 17.0 Å². The van der Waals surface area contributed by atoms with Gasteiger partial charge in [-0.3, -0.25) is 19.5 Å². The van der Waals surface area contributed by atoms with E-state index in [4.69, 9.17) is 18.6 Å². The van der Waals surface area contributed by atoms with E-state index in [1.807, 2.05) is 6.92 Å². The van der Waals surface area contributed by atoms with Gasteiger partial charge in [0.15, 0.2) is 16.3 Å². The first-order valence-corrected chi connectivity index (χ1v) is 14.3. The van der Waals surface area contributed by atoms with Crippen LogP contribution in [0.3, 0.4) is 0 Å². The Bertz CT molecular complexity index is 1950. The minimum absolute atomic E-state index is 0.00795. The second kappa shape index (κ2) is 12.1. The molecular weight excluding hydrogens is 574 g/mol. The minimum atomic E-state index is -0.822. The number of nitrogens with zero attached hydrogens (tertiary/aromatic N) is 3. The molecule has 4 aromatic rings. The Hall–Kier alpha value is -4.97. The quantitative estimate of drug-likeness (QED) is 0.153. The van der Waals surface area contributed by atoms with Crippen LogP contribution < -0.4 is 24.4 Å². The van der Waals surface area contributed by atoms with E-state index in [-0.39, 0.29) is 23.4 Å². The van der Waals surface area contributed by atoms with Gasteiger partial charge >= 0.3 is 5.97 Å². The summed E-state index contributed by atoms with van der Waals surface area (Å²) in [6, 6.07) is 12.5. The maximum absolute atomic E-state index is 13.9. The van der Waals surface area contributed by atoms with Crippen LogP contribution in [0.1, 0.15) is 43.7 Å². The zero-order chi connectivity index (χ0) is 30.8. The van der Waals surface area contributed by atoms with E-state index in [0.717, 1.165) is 0 Å². The highest BCUT2D eigenvalue weighted by Crippen LogP contribution is 2.36. The predicted octanol–water partition coefficient (Wildman–Crippen LogP) is 4.68. The molecule has 0 spiro atoms. The van der Waals surface area contributed by atoms with Crippen LogP contribution in [0.2, 0.25) is 0 Å². The maximum atomic E-state index is 13.9. The van der Waals surface area contributed by atoms with Crippen molar-refractivity contribution < 1.29 is 28.3 Å². The van der Waals surface area contributed by atoms with Gasteiger partial charge in [0, 0.05) is 23.8 Å². The Kier molecular flexibility index (Phi) is 8.31. The van der Waals surface area contributed by atoms with Crippen molar-refractivity contribution in [3.63, 3.8) is 0 Å². The fourth-order valence-corrected chi connectivity index (χ4v) is 6.01. The number of carbonyl (C=O) groups is 1.